The van der Waals surface area contributed by atoms with Crippen molar-refractivity contribution in [2.24, 2.45) is 5.92 Å². The van der Waals surface area contributed by atoms with Crippen LogP contribution in [0.1, 0.15) is 41.7 Å². The van der Waals surface area contributed by atoms with Crippen molar-refractivity contribution in [3.8, 4) is 5.75 Å². The molecule has 1 fully saturated rings. The van der Waals surface area contributed by atoms with E-state index < -0.39 is 5.91 Å². The molecule has 7 nitrogen and oxygen atoms in total. The minimum Gasteiger partial charge on any atom is -0.486 e. The van der Waals surface area contributed by atoms with Crippen molar-refractivity contribution < 1.29 is 29.2 Å². The predicted molar refractivity (Wildman–Crippen MR) is 85.9 cm³/mol. The van der Waals surface area contributed by atoms with Gasteiger partial charge in [-0.1, -0.05) is 0 Å². The number of ether oxygens (including phenoxy) is 2. The van der Waals surface area contributed by atoms with E-state index in [2.05, 4.69) is 0 Å². The van der Waals surface area contributed by atoms with E-state index in [4.69, 9.17) is 14.7 Å². The first kappa shape index (κ1) is 16.7. The first-order chi connectivity index (χ1) is 11.6. The van der Waals surface area contributed by atoms with Gasteiger partial charge in [0.25, 0.3) is 5.91 Å². The molecule has 1 unspecified atom stereocenters. The highest BCUT2D eigenvalue weighted by atomic mass is 16.5. The average Bonchev–Trinajstić information content (AvgIpc) is 2.79. The fourth-order valence-corrected chi connectivity index (χ4v) is 3.33. The lowest BCUT2D eigenvalue weighted by molar-refractivity contribution is -0.577. The minimum absolute atomic E-state index is 0.0726. The monoisotopic (exact) mass is 335 g/mol. The van der Waals surface area contributed by atoms with Crippen LogP contribution in [0.4, 0.5) is 0 Å². The second-order valence-corrected chi connectivity index (χ2v) is 6.16. The molecule has 3 N–H and O–H groups in total. The molecule has 0 aliphatic carbocycles. The maximum Gasteiger partial charge on any atom is 0.337 e. The standard InChI is InChI=1S/C17H22N2O5/c1-11-14-3-2-13(16(20)18-22)10-15(14)24-9-6-19(11)17(21)12-4-7-23-8-5-12/h2-3,10-12H,4-9H2,1H3,(H2,18,20,22)/p+1. The van der Waals surface area contributed by atoms with Gasteiger partial charge in [0.2, 0.25) is 0 Å². The molecule has 1 saturated heterocycles. The van der Waals surface area contributed by atoms with Gasteiger partial charge >= 0.3 is 5.90 Å². The summed E-state index contributed by atoms with van der Waals surface area (Å²) in [5, 5.41) is 19.5. The summed E-state index contributed by atoms with van der Waals surface area (Å²) < 4.78 is 13.1. The first-order valence-corrected chi connectivity index (χ1v) is 8.23. The van der Waals surface area contributed by atoms with Crippen LogP contribution < -0.4 is 10.2 Å². The van der Waals surface area contributed by atoms with Gasteiger partial charge in [-0.15, -0.1) is 0 Å². The van der Waals surface area contributed by atoms with Crippen LogP contribution in [0.15, 0.2) is 18.2 Å². The summed E-state index contributed by atoms with van der Waals surface area (Å²) in [6, 6.07) is 4.99. The molecule has 1 amide bonds. The number of carbonyl (C=O) groups is 1. The lowest BCUT2D eigenvalue weighted by Gasteiger charge is -2.20. The van der Waals surface area contributed by atoms with Gasteiger partial charge in [-0.25, -0.2) is 5.48 Å². The van der Waals surface area contributed by atoms with Crippen molar-refractivity contribution >= 4 is 11.8 Å². The lowest BCUT2D eigenvalue weighted by atomic mass is 9.98. The Labute approximate surface area is 140 Å². The Balaban J connectivity index is 1.92. The number of nitrogens with zero attached hydrogens (tertiary/aromatic N) is 1. The molecule has 0 bridgehead atoms. The first-order valence-electron chi connectivity index (χ1n) is 8.23. The lowest BCUT2D eigenvalue weighted by Crippen LogP contribution is -2.34. The van der Waals surface area contributed by atoms with Crippen molar-refractivity contribution in [3.05, 3.63) is 29.3 Å². The number of hydrogen-bond acceptors (Lipinski definition) is 4. The zero-order valence-corrected chi connectivity index (χ0v) is 13.7. The molecule has 7 heteroatoms. The van der Waals surface area contributed by atoms with E-state index in [1.165, 1.54) is 0 Å². The third kappa shape index (κ3) is 3.22. The van der Waals surface area contributed by atoms with Gasteiger partial charge in [-0.05, 0) is 31.0 Å². The van der Waals surface area contributed by atoms with Crippen LogP contribution in [0.2, 0.25) is 0 Å². The fourth-order valence-electron chi connectivity index (χ4n) is 3.33. The zero-order valence-electron chi connectivity index (χ0n) is 13.7. The van der Waals surface area contributed by atoms with Gasteiger partial charge in [0.15, 0.2) is 12.6 Å². The maximum atomic E-state index is 11.6. The Morgan fingerprint density at radius 1 is 1.29 bits per heavy atom. The molecule has 1 aromatic rings. The van der Waals surface area contributed by atoms with Crippen LogP contribution in [0.3, 0.4) is 0 Å². The number of benzene rings is 1. The molecule has 2 aliphatic heterocycles. The fraction of sp³-hybridized carbons (Fsp3) is 0.529. The molecule has 3 rings (SSSR count). The highest BCUT2D eigenvalue weighted by molar-refractivity contribution is 5.93. The number of amides is 1. The maximum absolute atomic E-state index is 11.6. The number of aliphatic hydroxyl groups excluding tert-OH is 1. The summed E-state index contributed by atoms with van der Waals surface area (Å²) in [6.45, 7) is 4.33. The molecule has 24 heavy (non-hydrogen) atoms. The number of aliphatic hydroxyl groups is 1. The van der Waals surface area contributed by atoms with Crippen molar-refractivity contribution in [3.63, 3.8) is 0 Å². The Kier molecular flexibility index (Phi) is 5.01. The third-order valence-electron chi connectivity index (χ3n) is 4.77. The van der Waals surface area contributed by atoms with E-state index in [0.29, 0.717) is 43.6 Å². The largest absolute Gasteiger partial charge is 0.486 e. The molecular weight excluding hydrogens is 312 g/mol. The molecule has 1 atom stereocenters. The van der Waals surface area contributed by atoms with E-state index in [9.17, 15) is 9.90 Å². The average molecular weight is 335 g/mol. The topological polar surface area (TPSA) is 91.0 Å². The van der Waals surface area contributed by atoms with Crippen LogP contribution in [0.5, 0.6) is 5.75 Å². The van der Waals surface area contributed by atoms with E-state index in [1.807, 2.05) is 11.5 Å². The number of hydroxylamine groups is 1. The Hall–Kier alpha value is -2.12. The molecule has 1 aromatic carbocycles. The van der Waals surface area contributed by atoms with Gasteiger partial charge in [-0.2, -0.15) is 4.58 Å². The Bertz CT molecular complexity index is 652. The van der Waals surface area contributed by atoms with E-state index in [0.717, 1.165) is 18.4 Å². The normalized spacial score (nSPS) is 23.7. The van der Waals surface area contributed by atoms with Gasteiger partial charge < -0.3 is 14.6 Å². The Morgan fingerprint density at radius 3 is 2.75 bits per heavy atom. The summed E-state index contributed by atoms with van der Waals surface area (Å²) in [5.41, 5.74) is 2.86. The van der Waals surface area contributed by atoms with Gasteiger partial charge in [0.05, 0.1) is 11.5 Å². The molecule has 0 aromatic heterocycles. The van der Waals surface area contributed by atoms with E-state index >= 15 is 0 Å². The number of rotatable bonds is 2. The quantitative estimate of drug-likeness (QED) is 0.331. The molecule has 2 heterocycles. The molecular formula is C17H23N2O5+. The number of hydrogen-bond donors (Lipinski definition) is 3. The minimum atomic E-state index is -0.577. The van der Waals surface area contributed by atoms with Crippen LogP contribution in [-0.4, -0.2) is 53.1 Å². The molecule has 0 saturated carbocycles. The second-order valence-electron chi connectivity index (χ2n) is 6.16. The van der Waals surface area contributed by atoms with E-state index in [-0.39, 0.29) is 12.0 Å². The summed E-state index contributed by atoms with van der Waals surface area (Å²) in [5.74, 6) is 0.527. The number of fused-ring (bicyclic) bond motifs is 1. The third-order valence-corrected chi connectivity index (χ3v) is 4.77. The van der Waals surface area contributed by atoms with Crippen molar-refractivity contribution in [2.75, 3.05) is 26.4 Å². The van der Waals surface area contributed by atoms with Crippen LogP contribution in [-0.2, 0) is 4.74 Å². The molecule has 2 aliphatic rings. The Morgan fingerprint density at radius 2 is 2.04 bits per heavy atom. The SMILES string of the molecule is CC1c2ccc(C(=O)NO)cc2OCC[N+]1=C(O)C1CCOCC1. The molecule has 130 valence electrons. The second kappa shape index (κ2) is 7.19. The summed E-state index contributed by atoms with van der Waals surface area (Å²) >= 11 is 0. The number of carbonyl (C=O) groups excluding carboxylic acids is 1. The van der Waals surface area contributed by atoms with Gasteiger partial charge in [0, 0.05) is 25.7 Å². The van der Waals surface area contributed by atoms with Crippen molar-refractivity contribution in [1.82, 2.24) is 5.48 Å². The molecule has 0 spiro atoms. The van der Waals surface area contributed by atoms with Gasteiger partial charge in [0.1, 0.15) is 12.4 Å². The van der Waals surface area contributed by atoms with Crippen LogP contribution in [0, 0.1) is 5.92 Å². The zero-order chi connectivity index (χ0) is 17.1. The van der Waals surface area contributed by atoms with E-state index in [1.54, 1.807) is 23.7 Å². The van der Waals surface area contributed by atoms with Crippen molar-refractivity contribution in [2.45, 2.75) is 25.8 Å². The van der Waals surface area contributed by atoms with Crippen LogP contribution in [0.25, 0.3) is 0 Å². The number of nitrogens with one attached hydrogen (secondary N) is 1. The highest BCUT2D eigenvalue weighted by Gasteiger charge is 2.33. The van der Waals surface area contributed by atoms with Crippen LogP contribution >= 0.6 is 0 Å². The summed E-state index contributed by atoms with van der Waals surface area (Å²) in [7, 11) is 0. The highest BCUT2D eigenvalue weighted by Crippen LogP contribution is 2.31. The summed E-state index contributed by atoms with van der Waals surface area (Å²) in [4.78, 5) is 11.6. The van der Waals surface area contributed by atoms with Crippen molar-refractivity contribution in [1.29, 1.82) is 0 Å². The van der Waals surface area contributed by atoms with Gasteiger partial charge in [-0.3, -0.25) is 10.0 Å². The summed E-state index contributed by atoms with van der Waals surface area (Å²) in [6.07, 6.45) is 1.64. The smallest absolute Gasteiger partial charge is 0.337 e. The molecule has 0 radical (unpaired) electrons. The predicted octanol–water partition coefficient (Wildman–Crippen LogP) is 1.65.